The minimum Gasteiger partial charge on any atom is -0.322 e. The number of nitrogens with one attached hydrogen (secondary N) is 3. The molecule has 3 aromatic carbocycles. The van der Waals surface area contributed by atoms with Gasteiger partial charge in [-0.3, -0.25) is 9.59 Å². The van der Waals surface area contributed by atoms with Crippen molar-refractivity contribution in [2.75, 3.05) is 16.0 Å². The molecule has 0 unspecified atom stereocenters. The van der Waals surface area contributed by atoms with Gasteiger partial charge in [-0.05, 0) is 92.6 Å². The van der Waals surface area contributed by atoms with Gasteiger partial charge in [0.1, 0.15) is 5.82 Å². The van der Waals surface area contributed by atoms with Gasteiger partial charge < -0.3 is 16.0 Å². The number of anilines is 4. The molecular weight excluding hydrogens is 551 g/mol. The maximum Gasteiger partial charge on any atom is 0.416 e. The number of hydrogen-bond donors (Lipinski definition) is 3. The van der Waals surface area contributed by atoms with Gasteiger partial charge in [-0.15, -0.1) is 0 Å². The number of carbonyl (C=O) groups is 2. The average Bonchev–Trinajstić information content (AvgIpc) is 3.31. The third-order valence-corrected chi connectivity index (χ3v) is 7.11. The van der Waals surface area contributed by atoms with E-state index >= 15 is 0 Å². The minimum atomic E-state index is -4.56. The van der Waals surface area contributed by atoms with Gasteiger partial charge in [0, 0.05) is 28.2 Å². The third kappa shape index (κ3) is 6.52. The molecule has 41 heavy (non-hydrogen) atoms. The first kappa shape index (κ1) is 27.8. The zero-order valence-electron chi connectivity index (χ0n) is 22.2. The molecule has 5 aromatic rings. The van der Waals surface area contributed by atoms with Gasteiger partial charge in [0.05, 0.1) is 15.8 Å². The molecule has 0 saturated carbocycles. The van der Waals surface area contributed by atoms with E-state index in [0.717, 1.165) is 39.2 Å². The number of nitrogens with zero attached hydrogens (tertiary/aromatic N) is 2. The molecule has 2 aromatic heterocycles. The molecule has 11 heteroatoms. The number of rotatable bonds is 6. The maximum atomic E-state index is 13.1. The zero-order valence-corrected chi connectivity index (χ0v) is 23.0. The third-order valence-electron chi connectivity index (χ3n) is 6.18. The molecule has 0 radical (unpaired) electrons. The molecule has 0 aliphatic heterocycles. The van der Waals surface area contributed by atoms with Crippen LogP contribution in [-0.2, 0) is 6.18 Å². The zero-order chi connectivity index (χ0) is 29.3. The Labute approximate surface area is 237 Å². The van der Waals surface area contributed by atoms with Crippen molar-refractivity contribution >= 4 is 55.7 Å². The number of thiazole rings is 1. The standard InChI is InChI=1S/C30H24F3N5O2S/c1-16-11-18(3)34-26(12-16)38-29-37-23-10-8-20(14-25(23)41-29)28(40)36-24-15-22(9-7-17(24)2)35-27(39)19-5-4-6-21(13-19)30(31,32)33/h4-15H,1-3H3,(H,35,39)(H,36,40)(H,34,37,38). The van der Waals surface area contributed by atoms with E-state index in [-0.39, 0.29) is 11.5 Å². The van der Waals surface area contributed by atoms with E-state index in [1.54, 1.807) is 43.3 Å². The second-order valence-corrected chi connectivity index (χ2v) is 10.5. The number of aromatic nitrogens is 2. The van der Waals surface area contributed by atoms with Crippen molar-refractivity contribution in [1.29, 1.82) is 0 Å². The molecule has 0 bridgehead atoms. The van der Waals surface area contributed by atoms with Gasteiger partial charge >= 0.3 is 6.18 Å². The van der Waals surface area contributed by atoms with Crippen LogP contribution in [-0.4, -0.2) is 21.8 Å². The van der Waals surface area contributed by atoms with E-state index in [2.05, 4.69) is 25.9 Å². The highest BCUT2D eigenvalue weighted by Gasteiger charge is 2.31. The van der Waals surface area contributed by atoms with E-state index < -0.39 is 17.6 Å². The summed E-state index contributed by atoms with van der Waals surface area (Å²) in [4.78, 5) is 34.8. The van der Waals surface area contributed by atoms with E-state index in [1.807, 2.05) is 26.0 Å². The summed E-state index contributed by atoms with van der Waals surface area (Å²) in [5, 5.41) is 9.32. The number of carbonyl (C=O) groups excluding carboxylic acids is 2. The van der Waals surface area contributed by atoms with Gasteiger partial charge in [0.25, 0.3) is 11.8 Å². The van der Waals surface area contributed by atoms with Crippen LogP contribution in [0.2, 0.25) is 0 Å². The molecule has 5 rings (SSSR count). The molecule has 0 atom stereocenters. The van der Waals surface area contributed by atoms with Gasteiger partial charge in [-0.2, -0.15) is 13.2 Å². The smallest absolute Gasteiger partial charge is 0.322 e. The highest BCUT2D eigenvalue weighted by molar-refractivity contribution is 7.22. The highest BCUT2D eigenvalue weighted by Crippen LogP contribution is 2.31. The molecule has 3 N–H and O–H groups in total. The Morgan fingerprint density at radius 3 is 2.32 bits per heavy atom. The number of benzene rings is 3. The first-order chi connectivity index (χ1) is 19.4. The number of amides is 2. The van der Waals surface area contributed by atoms with Crippen molar-refractivity contribution in [2.24, 2.45) is 0 Å². The fraction of sp³-hybridized carbons (Fsp3) is 0.133. The minimum absolute atomic E-state index is 0.133. The number of pyridine rings is 1. The van der Waals surface area contributed by atoms with Crippen molar-refractivity contribution < 1.29 is 22.8 Å². The van der Waals surface area contributed by atoms with Gasteiger partial charge in [0.2, 0.25) is 0 Å². The van der Waals surface area contributed by atoms with Crippen LogP contribution in [0, 0.1) is 20.8 Å². The van der Waals surface area contributed by atoms with Crippen LogP contribution < -0.4 is 16.0 Å². The quantitative estimate of drug-likeness (QED) is 0.191. The number of fused-ring (bicyclic) bond motifs is 1. The Kier molecular flexibility index (Phi) is 7.46. The van der Waals surface area contributed by atoms with Crippen molar-refractivity contribution in [1.82, 2.24) is 9.97 Å². The summed E-state index contributed by atoms with van der Waals surface area (Å²) in [7, 11) is 0. The summed E-state index contributed by atoms with van der Waals surface area (Å²) in [5.74, 6) is -0.376. The van der Waals surface area contributed by atoms with Gasteiger partial charge in [0.15, 0.2) is 5.13 Å². The molecule has 0 fully saturated rings. The molecule has 2 amide bonds. The Hall–Kier alpha value is -4.77. The van der Waals surface area contributed by atoms with Crippen LogP contribution in [0.3, 0.4) is 0 Å². The molecule has 208 valence electrons. The first-order valence-corrected chi connectivity index (χ1v) is 13.3. The molecule has 0 saturated heterocycles. The lowest BCUT2D eigenvalue weighted by Gasteiger charge is -2.13. The lowest BCUT2D eigenvalue weighted by Crippen LogP contribution is -2.15. The summed E-state index contributed by atoms with van der Waals surface area (Å²) in [6.07, 6.45) is -4.56. The SMILES string of the molecule is Cc1cc(C)nc(Nc2nc3ccc(C(=O)Nc4cc(NC(=O)c5cccc(C(F)(F)F)c5)ccc4C)cc3s2)c1. The fourth-order valence-electron chi connectivity index (χ4n) is 4.20. The number of hydrogen-bond acceptors (Lipinski definition) is 6. The Bertz CT molecular complexity index is 1780. The fourth-order valence-corrected chi connectivity index (χ4v) is 5.12. The highest BCUT2D eigenvalue weighted by atomic mass is 32.1. The van der Waals surface area contributed by atoms with E-state index in [1.165, 1.54) is 23.5 Å². The van der Waals surface area contributed by atoms with Crippen molar-refractivity contribution in [2.45, 2.75) is 26.9 Å². The summed E-state index contributed by atoms with van der Waals surface area (Å²) in [6.45, 7) is 5.70. The van der Waals surface area contributed by atoms with Crippen molar-refractivity contribution in [3.8, 4) is 0 Å². The van der Waals surface area contributed by atoms with Crippen LogP contribution in [0.25, 0.3) is 10.2 Å². The summed E-state index contributed by atoms with van der Waals surface area (Å²) in [6, 6.07) is 18.1. The second kappa shape index (κ2) is 11.0. The van der Waals surface area contributed by atoms with E-state index in [4.69, 9.17) is 0 Å². The van der Waals surface area contributed by atoms with Crippen LogP contribution in [0.15, 0.2) is 72.8 Å². The molecular formula is C30H24F3N5O2S. The Morgan fingerprint density at radius 2 is 1.56 bits per heavy atom. The lowest BCUT2D eigenvalue weighted by atomic mass is 10.1. The van der Waals surface area contributed by atoms with E-state index in [9.17, 15) is 22.8 Å². The molecule has 7 nitrogen and oxygen atoms in total. The lowest BCUT2D eigenvalue weighted by molar-refractivity contribution is -0.137. The van der Waals surface area contributed by atoms with Gasteiger partial charge in [-0.25, -0.2) is 9.97 Å². The summed E-state index contributed by atoms with van der Waals surface area (Å²) in [5.41, 5.74) is 3.57. The first-order valence-electron chi connectivity index (χ1n) is 12.5. The Morgan fingerprint density at radius 1 is 0.805 bits per heavy atom. The average molecular weight is 576 g/mol. The van der Waals surface area contributed by atoms with Crippen LogP contribution in [0.1, 0.15) is 43.1 Å². The van der Waals surface area contributed by atoms with Crippen LogP contribution in [0.5, 0.6) is 0 Å². The normalized spacial score (nSPS) is 11.4. The molecule has 2 heterocycles. The summed E-state index contributed by atoms with van der Waals surface area (Å²) >= 11 is 1.39. The number of halogens is 3. The van der Waals surface area contributed by atoms with Crippen LogP contribution in [0.4, 0.5) is 35.5 Å². The van der Waals surface area contributed by atoms with Crippen molar-refractivity contribution in [3.05, 3.63) is 106 Å². The van der Waals surface area contributed by atoms with Crippen molar-refractivity contribution in [3.63, 3.8) is 0 Å². The topological polar surface area (TPSA) is 96.0 Å². The maximum absolute atomic E-state index is 13.1. The molecule has 0 spiro atoms. The molecule has 0 aliphatic carbocycles. The van der Waals surface area contributed by atoms with E-state index in [0.29, 0.717) is 27.9 Å². The predicted octanol–water partition coefficient (Wildman–Crippen LogP) is 7.88. The van der Waals surface area contributed by atoms with Crippen LogP contribution >= 0.6 is 11.3 Å². The predicted molar refractivity (Wildman–Crippen MR) is 155 cm³/mol. The molecule has 0 aliphatic rings. The Balaban J connectivity index is 1.31. The second-order valence-electron chi connectivity index (χ2n) is 9.51. The largest absolute Gasteiger partial charge is 0.416 e. The number of alkyl halides is 3. The summed E-state index contributed by atoms with van der Waals surface area (Å²) < 4.78 is 39.9. The monoisotopic (exact) mass is 575 g/mol. The van der Waals surface area contributed by atoms with Gasteiger partial charge in [-0.1, -0.05) is 23.5 Å². The number of aryl methyl sites for hydroxylation is 3.